The number of nitrogens with zero attached hydrogens (tertiary/aromatic N) is 2. The third kappa shape index (κ3) is 2.38. The fraction of sp³-hybridized carbons (Fsp3) is 0.100. The van der Waals surface area contributed by atoms with Crippen molar-refractivity contribution in [2.24, 2.45) is 0 Å². The number of carbonyl (C=O) groups excluding carboxylic acids is 1. The zero-order valence-electron chi connectivity index (χ0n) is 8.10. The highest BCUT2D eigenvalue weighted by Crippen LogP contribution is 2.11. The molecule has 0 saturated carbocycles. The molecule has 0 aliphatic rings. The van der Waals surface area contributed by atoms with Gasteiger partial charge in [0.2, 0.25) is 0 Å². The number of anilines is 1. The quantitative estimate of drug-likeness (QED) is 0.841. The van der Waals surface area contributed by atoms with Crippen molar-refractivity contribution in [3.05, 3.63) is 40.9 Å². The van der Waals surface area contributed by atoms with Gasteiger partial charge in [0.05, 0.1) is 6.20 Å². The molecule has 0 unspecified atom stereocenters. The molecule has 5 heteroatoms. The van der Waals surface area contributed by atoms with Gasteiger partial charge in [-0.25, -0.2) is 0 Å². The van der Waals surface area contributed by atoms with Gasteiger partial charge in [0, 0.05) is 5.69 Å². The molecule has 2 aromatic rings. The molecular formula is C10H9N3OS. The van der Waals surface area contributed by atoms with Gasteiger partial charge >= 0.3 is 0 Å². The molecule has 0 aliphatic heterocycles. The number of carbonyl (C=O) groups is 1. The maximum atomic E-state index is 11.6. The van der Waals surface area contributed by atoms with Crippen LogP contribution in [-0.2, 0) is 0 Å². The largest absolute Gasteiger partial charge is 0.321 e. The van der Waals surface area contributed by atoms with Crippen LogP contribution >= 0.6 is 11.5 Å². The van der Waals surface area contributed by atoms with Crippen LogP contribution in [-0.4, -0.2) is 15.5 Å². The molecule has 0 atom stereocenters. The summed E-state index contributed by atoms with van der Waals surface area (Å²) in [4.78, 5) is 12.1. The third-order valence-corrected chi connectivity index (χ3v) is 2.56. The number of hydrogen-bond acceptors (Lipinski definition) is 4. The summed E-state index contributed by atoms with van der Waals surface area (Å²) < 4.78 is 3.63. The molecule has 1 N–H and O–H groups in total. The molecular weight excluding hydrogens is 210 g/mol. The zero-order chi connectivity index (χ0) is 10.7. The first-order valence-electron chi connectivity index (χ1n) is 4.41. The maximum absolute atomic E-state index is 11.6. The van der Waals surface area contributed by atoms with E-state index in [9.17, 15) is 4.79 Å². The van der Waals surface area contributed by atoms with Crippen LogP contribution in [0, 0.1) is 6.92 Å². The summed E-state index contributed by atoms with van der Waals surface area (Å²) >= 11 is 1.08. The predicted octanol–water partition coefficient (Wildman–Crippen LogP) is 2.10. The van der Waals surface area contributed by atoms with Crippen molar-refractivity contribution in [3.63, 3.8) is 0 Å². The van der Waals surface area contributed by atoms with Crippen molar-refractivity contribution in [3.8, 4) is 0 Å². The second-order valence-corrected chi connectivity index (χ2v) is 3.89. The highest BCUT2D eigenvalue weighted by atomic mass is 32.1. The molecule has 0 saturated heterocycles. The first-order valence-corrected chi connectivity index (χ1v) is 5.18. The van der Waals surface area contributed by atoms with Crippen molar-refractivity contribution in [1.29, 1.82) is 0 Å². The van der Waals surface area contributed by atoms with Crippen LogP contribution in [0.15, 0.2) is 30.5 Å². The summed E-state index contributed by atoms with van der Waals surface area (Å²) in [5.74, 6) is -0.172. The fourth-order valence-corrected chi connectivity index (χ4v) is 1.51. The van der Waals surface area contributed by atoms with E-state index >= 15 is 0 Å². The molecule has 1 aromatic carbocycles. The number of rotatable bonds is 2. The Hall–Kier alpha value is -1.75. The molecule has 2 rings (SSSR count). The Bertz CT molecular complexity index is 450. The van der Waals surface area contributed by atoms with Crippen molar-refractivity contribution < 1.29 is 4.79 Å². The van der Waals surface area contributed by atoms with Crippen LogP contribution in [0.4, 0.5) is 5.69 Å². The Kier molecular flexibility index (Phi) is 2.73. The number of hydrogen-bond donors (Lipinski definition) is 1. The van der Waals surface area contributed by atoms with Gasteiger partial charge in [0.25, 0.3) is 5.91 Å². The molecule has 1 amide bonds. The van der Waals surface area contributed by atoms with Crippen LogP contribution in [0.25, 0.3) is 0 Å². The number of aromatic nitrogens is 2. The van der Waals surface area contributed by atoms with Gasteiger partial charge in [-0.2, -0.15) is 0 Å². The second kappa shape index (κ2) is 4.18. The van der Waals surface area contributed by atoms with Crippen molar-refractivity contribution in [1.82, 2.24) is 9.59 Å². The lowest BCUT2D eigenvalue weighted by Crippen LogP contribution is -2.09. The van der Waals surface area contributed by atoms with Crippen molar-refractivity contribution >= 4 is 23.1 Å². The molecule has 0 bridgehead atoms. The first kappa shape index (κ1) is 9.79. The molecule has 1 heterocycles. The van der Waals surface area contributed by atoms with E-state index in [1.165, 1.54) is 6.20 Å². The van der Waals surface area contributed by atoms with Crippen LogP contribution < -0.4 is 5.32 Å². The lowest BCUT2D eigenvalue weighted by Gasteiger charge is -2.02. The second-order valence-electron chi connectivity index (χ2n) is 3.10. The number of amides is 1. The number of aryl methyl sites for hydroxylation is 1. The Morgan fingerprint density at radius 2 is 2.07 bits per heavy atom. The standard InChI is InChI=1S/C10H9N3OS/c1-7-2-4-8(5-3-7)12-10(14)9-6-11-13-15-9/h2-6H,1H3,(H,12,14). The average molecular weight is 219 g/mol. The third-order valence-electron chi connectivity index (χ3n) is 1.89. The molecule has 76 valence electrons. The van der Waals surface area contributed by atoms with Crippen molar-refractivity contribution in [2.75, 3.05) is 5.32 Å². The van der Waals surface area contributed by atoms with E-state index < -0.39 is 0 Å². The fourth-order valence-electron chi connectivity index (χ4n) is 1.10. The minimum absolute atomic E-state index is 0.172. The van der Waals surface area contributed by atoms with Crippen LogP contribution in [0.5, 0.6) is 0 Å². The molecule has 0 spiro atoms. The Morgan fingerprint density at radius 3 is 2.67 bits per heavy atom. The van der Waals surface area contributed by atoms with Gasteiger partial charge in [0.1, 0.15) is 4.88 Å². The van der Waals surface area contributed by atoms with Crippen LogP contribution in [0.2, 0.25) is 0 Å². The average Bonchev–Trinajstić information content (AvgIpc) is 2.74. The zero-order valence-corrected chi connectivity index (χ0v) is 8.91. The summed E-state index contributed by atoms with van der Waals surface area (Å²) in [6.45, 7) is 2.00. The van der Waals surface area contributed by atoms with E-state index in [1.807, 2.05) is 31.2 Å². The lowest BCUT2D eigenvalue weighted by atomic mass is 10.2. The SMILES string of the molecule is Cc1ccc(NC(=O)c2cnns2)cc1. The van der Waals surface area contributed by atoms with E-state index in [1.54, 1.807) is 0 Å². The smallest absolute Gasteiger partial charge is 0.269 e. The van der Waals surface area contributed by atoms with Gasteiger partial charge < -0.3 is 5.32 Å². The van der Waals surface area contributed by atoms with Crippen molar-refractivity contribution in [2.45, 2.75) is 6.92 Å². The van der Waals surface area contributed by atoms with E-state index in [0.717, 1.165) is 22.8 Å². The van der Waals surface area contributed by atoms with Crippen LogP contribution in [0.1, 0.15) is 15.2 Å². The van der Waals surface area contributed by atoms with E-state index in [-0.39, 0.29) is 5.91 Å². The van der Waals surface area contributed by atoms with E-state index in [2.05, 4.69) is 14.9 Å². The van der Waals surface area contributed by atoms with E-state index in [4.69, 9.17) is 0 Å². The summed E-state index contributed by atoms with van der Waals surface area (Å²) in [6, 6.07) is 7.62. The predicted molar refractivity (Wildman–Crippen MR) is 59.0 cm³/mol. The molecule has 15 heavy (non-hydrogen) atoms. The maximum Gasteiger partial charge on any atom is 0.269 e. The molecule has 0 fully saturated rings. The Morgan fingerprint density at radius 1 is 1.33 bits per heavy atom. The first-order chi connectivity index (χ1) is 7.25. The highest BCUT2D eigenvalue weighted by molar-refractivity contribution is 7.07. The van der Waals surface area contributed by atoms with Gasteiger partial charge in [-0.05, 0) is 30.6 Å². The Labute approximate surface area is 91.1 Å². The highest BCUT2D eigenvalue weighted by Gasteiger charge is 2.07. The lowest BCUT2D eigenvalue weighted by molar-refractivity contribution is 0.103. The monoisotopic (exact) mass is 219 g/mol. The van der Waals surface area contributed by atoms with Crippen LogP contribution in [0.3, 0.4) is 0 Å². The molecule has 1 aromatic heterocycles. The minimum Gasteiger partial charge on any atom is -0.321 e. The normalized spacial score (nSPS) is 9.93. The summed E-state index contributed by atoms with van der Waals surface area (Å²) in [5.41, 5.74) is 1.94. The molecule has 4 nitrogen and oxygen atoms in total. The van der Waals surface area contributed by atoms with Gasteiger partial charge in [-0.1, -0.05) is 22.2 Å². The summed E-state index contributed by atoms with van der Waals surface area (Å²) in [6.07, 6.45) is 1.45. The summed E-state index contributed by atoms with van der Waals surface area (Å²) in [5, 5.41) is 6.37. The number of nitrogens with one attached hydrogen (secondary N) is 1. The van der Waals surface area contributed by atoms with Gasteiger partial charge in [-0.3, -0.25) is 4.79 Å². The minimum atomic E-state index is -0.172. The van der Waals surface area contributed by atoms with E-state index in [0.29, 0.717) is 4.88 Å². The van der Waals surface area contributed by atoms with Gasteiger partial charge in [-0.15, -0.1) is 5.10 Å². The Balaban J connectivity index is 2.09. The molecule has 0 aliphatic carbocycles. The number of benzene rings is 1. The summed E-state index contributed by atoms with van der Waals surface area (Å²) in [7, 11) is 0. The van der Waals surface area contributed by atoms with Gasteiger partial charge in [0.15, 0.2) is 0 Å². The molecule has 0 radical (unpaired) electrons. The topological polar surface area (TPSA) is 54.9 Å².